The Morgan fingerprint density at radius 1 is 0.966 bits per heavy atom. The number of halogens is 4. The number of likely N-dealkylation sites (N-methyl/N-ethyl adjacent to an activating group) is 1. The average molecular weight is 487 g/mol. The minimum atomic E-state index is 0. The second-order valence-corrected chi connectivity index (χ2v) is 8.40. The van der Waals surface area contributed by atoms with Gasteiger partial charge < -0.3 is 14.7 Å². The fourth-order valence-corrected chi connectivity index (χ4v) is 4.46. The van der Waals surface area contributed by atoms with Gasteiger partial charge >= 0.3 is 0 Å². The van der Waals surface area contributed by atoms with Gasteiger partial charge in [-0.2, -0.15) is 0 Å². The van der Waals surface area contributed by atoms with Crippen LogP contribution in [0.4, 0.5) is 0 Å². The highest BCUT2D eigenvalue weighted by Crippen LogP contribution is 2.34. The third-order valence-corrected chi connectivity index (χ3v) is 6.31. The van der Waals surface area contributed by atoms with Crippen molar-refractivity contribution in [2.75, 3.05) is 59.4 Å². The summed E-state index contributed by atoms with van der Waals surface area (Å²) in [6.07, 6.45) is 2.25. The van der Waals surface area contributed by atoms with Crippen molar-refractivity contribution in [1.29, 1.82) is 0 Å². The molecule has 1 aromatic rings. The van der Waals surface area contributed by atoms with Crippen LogP contribution in [0.2, 0.25) is 5.02 Å². The first kappa shape index (κ1) is 28.9. The number of piperidine rings is 1. The van der Waals surface area contributed by atoms with Crippen LogP contribution in [0.5, 0.6) is 0 Å². The molecule has 0 bridgehead atoms. The number of Topliss-reactive ketones (excluding diaryl/α,β-unsaturated/α-hetero) is 1. The molecule has 2 saturated heterocycles. The Bertz CT molecular complexity index is 594. The van der Waals surface area contributed by atoms with E-state index in [9.17, 15) is 4.79 Å². The second kappa shape index (κ2) is 14.1. The summed E-state index contributed by atoms with van der Waals surface area (Å²) in [6.45, 7) is 10.7. The van der Waals surface area contributed by atoms with Crippen molar-refractivity contribution < 1.29 is 4.79 Å². The van der Waals surface area contributed by atoms with E-state index >= 15 is 0 Å². The number of carbonyl (C=O) groups excluding carboxylic acids is 1. The summed E-state index contributed by atoms with van der Waals surface area (Å²) >= 11 is 6.02. The van der Waals surface area contributed by atoms with Gasteiger partial charge in [-0.15, -0.1) is 37.2 Å². The summed E-state index contributed by atoms with van der Waals surface area (Å²) in [4.78, 5) is 19.7. The van der Waals surface area contributed by atoms with Gasteiger partial charge in [0.25, 0.3) is 0 Å². The number of piperazine rings is 1. The van der Waals surface area contributed by atoms with Crippen LogP contribution < -0.4 is 0 Å². The normalized spacial score (nSPS) is 23.4. The molecule has 0 saturated carbocycles. The SMILES string of the molecule is CC(=O)C1CN(CCCN2CCN(C)CC2)CCC1c1ccc(Cl)cc1.Cl.Cl.Cl. The lowest BCUT2D eigenvalue weighted by Crippen LogP contribution is -2.46. The third-order valence-electron chi connectivity index (χ3n) is 6.06. The highest BCUT2D eigenvalue weighted by molar-refractivity contribution is 6.30. The Hall–Kier alpha value is -0.0700. The first-order valence-electron chi connectivity index (χ1n) is 9.92. The molecule has 0 spiro atoms. The molecule has 0 amide bonds. The van der Waals surface area contributed by atoms with Gasteiger partial charge in [0.05, 0.1) is 0 Å². The third kappa shape index (κ3) is 8.53. The molecule has 2 unspecified atom stereocenters. The van der Waals surface area contributed by atoms with Crippen LogP contribution in [-0.4, -0.2) is 79.9 Å². The number of hydrogen-bond donors (Lipinski definition) is 0. The molecule has 0 aliphatic carbocycles. The van der Waals surface area contributed by atoms with Crippen LogP contribution in [0, 0.1) is 5.92 Å². The fraction of sp³-hybridized carbons (Fsp3) is 0.667. The van der Waals surface area contributed by atoms with Gasteiger partial charge in [0.15, 0.2) is 0 Å². The van der Waals surface area contributed by atoms with Gasteiger partial charge in [-0.05, 0) is 70.1 Å². The minimum Gasteiger partial charge on any atom is -0.304 e. The summed E-state index contributed by atoms with van der Waals surface area (Å²) in [5.41, 5.74) is 1.26. The van der Waals surface area contributed by atoms with Crippen molar-refractivity contribution in [3.05, 3.63) is 34.9 Å². The van der Waals surface area contributed by atoms with Gasteiger partial charge in [-0.1, -0.05) is 23.7 Å². The summed E-state index contributed by atoms with van der Waals surface area (Å²) < 4.78 is 0. The Morgan fingerprint density at radius 2 is 1.55 bits per heavy atom. The number of hydrogen-bond acceptors (Lipinski definition) is 4. The zero-order chi connectivity index (χ0) is 18.5. The van der Waals surface area contributed by atoms with Crippen molar-refractivity contribution >= 4 is 54.6 Å². The first-order chi connectivity index (χ1) is 12.5. The van der Waals surface area contributed by atoms with Gasteiger partial charge in [-0.25, -0.2) is 0 Å². The molecule has 3 rings (SSSR count). The number of ketones is 1. The maximum atomic E-state index is 12.3. The maximum absolute atomic E-state index is 12.3. The number of benzene rings is 1. The van der Waals surface area contributed by atoms with Crippen LogP contribution >= 0.6 is 48.8 Å². The molecule has 0 aromatic heterocycles. The average Bonchev–Trinajstić information content (AvgIpc) is 2.64. The van der Waals surface area contributed by atoms with E-state index in [1.165, 1.54) is 44.7 Å². The Morgan fingerprint density at radius 3 is 2.14 bits per heavy atom. The summed E-state index contributed by atoms with van der Waals surface area (Å²) in [5.74, 6) is 0.751. The Kier molecular flexibility index (Phi) is 14.0. The number of rotatable bonds is 6. The van der Waals surface area contributed by atoms with E-state index in [1.54, 1.807) is 6.92 Å². The van der Waals surface area contributed by atoms with Crippen LogP contribution in [0.15, 0.2) is 24.3 Å². The molecule has 29 heavy (non-hydrogen) atoms. The predicted octanol–water partition coefficient (Wildman–Crippen LogP) is 4.24. The second-order valence-electron chi connectivity index (χ2n) is 7.96. The smallest absolute Gasteiger partial charge is 0.134 e. The van der Waals surface area contributed by atoms with Crippen molar-refractivity contribution in [2.45, 2.75) is 25.7 Å². The molecular formula is C21H35Cl4N3O. The monoisotopic (exact) mass is 485 g/mol. The van der Waals surface area contributed by atoms with Crippen LogP contribution in [0.25, 0.3) is 0 Å². The van der Waals surface area contributed by atoms with Crippen LogP contribution in [-0.2, 0) is 4.79 Å². The van der Waals surface area contributed by atoms with Crippen LogP contribution in [0.1, 0.15) is 31.2 Å². The van der Waals surface area contributed by atoms with Crippen LogP contribution in [0.3, 0.4) is 0 Å². The first-order valence-corrected chi connectivity index (χ1v) is 10.3. The summed E-state index contributed by atoms with van der Waals surface area (Å²) in [6, 6.07) is 8.06. The molecule has 2 heterocycles. The van der Waals surface area contributed by atoms with E-state index in [-0.39, 0.29) is 43.1 Å². The molecule has 0 N–H and O–H groups in total. The predicted molar refractivity (Wildman–Crippen MR) is 130 cm³/mol. The van der Waals surface area contributed by atoms with Gasteiger partial charge in [0.2, 0.25) is 0 Å². The number of carbonyl (C=O) groups is 1. The molecular weight excluding hydrogens is 452 g/mol. The molecule has 168 valence electrons. The number of nitrogens with zero attached hydrogens (tertiary/aromatic N) is 3. The van der Waals surface area contributed by atoms with Crippen molar-refractivity contribution in [3.8, 4) is 0 Å². The molecule has 2 aliphatic rings. The highest BCUT2D eigenvalue weighted by atomic mass is 35.5. The van der Waals surface area contributed by atoms with E-state index in [1.807, 2.05) is 12.1 Å². The fourth-order valence-electron chi connectivity index (χ4n) is 4.33. The van der Waals surface area contributed by atoms with E-state index in [2.05, 4.69) is 33.9 Å². The lowest BCUT2D eigenvalue weighted by atomic mass is 9.78. The molecule has 2 fully saturated rings. The van der Waals surface area contributed by atoms with Crippen molar-refractivity contribution in [3.63, 3.8) is 0 Å². The molecule has 2 atom stereocenters. The Labute approximate surface area is 199 Å². The molecule has 2 aliphatic heterocycles. The van der Waals surface area contributed by atoms with E-state index in [0.717, 1.165) is 31.1 Å². The van der Waals surface area contributed by atoms with E-state index in [0.29, 0.717) is 11.7 Å². The lowest BCUT2D eigenvalue weighted by Gasteiger charge is -2.38. The summed E-state index contributed by atoms with van der Waals surface area (Å²) in [7, 11) is 2.20. The zero-order valence-corrected chi connectivity index (χ0v) is 20.6. The topological polar surface area (TPSA) is 26.8 Å². The molecule has 1 aromatic carbocycles. The van der Waals surface area contributed by atoms with Gasteiger partial charge in [0, 0.05) is 43.7 Å². The minimum absolute atomic E-state index is 0. The van der Waals surface area contributed by atoms with Gasteiger partial charge in [0.1, 0.15) is 5.78 Å². The standard InChI is InChI=1S/C21H32ClN3O.3ClH/c1-17(26)21-16-25(10-3-9-24-14-12-23(2)13-15-24)11-8-20(21)18-4-6-19(22)7-5-18;;;/h4-7,20-21H,3,8-16H2,1-2H3;3*1H. The van der Waals surface area contributed by atoms with Crippen molar-refractivity contribution in [1.82, 2.24) is 14.7 Å². The van der Waals surface area contributed by atoms with E-state index < -0.39 is 0 Å². The Balaban J connectivity index is 0.00000261. The highest BCUT2D eigenvalue weighted by Gasteiger charge is 2.33. The molecule has 0 radical (unpaired) electrons. The quantitative estimate of drug-likeness (QED) is 0.600. The maximum Gasteiger partial charge on any atom is 0.134 e. The van der Waals surface area contributed by atoms with Crippen molar-refractivity contribution in [2.24, 2.45) is 5.92 Å². The lowest BCUT2D eigenvalue weighted by molar-refractivity contribution is -0.123. The van der Waals surface area contributed by atoms with Gasteiger partial charge in [-0.3, -0.25) is 4.79 Å². The zero-order valence-electron chi connectivity index (χ0n) is 17.4. The largest absolute Gasteiger partial charge is 0.304 e. The molecule has 8 heteroatoms. The summed E-state index contributed by atoms with van der Waals surface area (Å²) in [5, 5.41) is 0.759. The van der Waals surface area contributed by atoms with E-state index in [4.69, 9.17) is 11.6 Å². The number of likely N-dealkylation sites (tertiary alicyclic amines) is 1. The molecule has 4 nitrogen and oxygen atoms in total.